The molecule has 2 heterocycles. The number of nitrogens with one attached hydrogen (secondary N) is 2. The SMILES string of the molecule is [O-][P+]1(Nc2cccc[nH+]2)Oc2c(-c3ccc(-c4ccc(F)cc4)cc3)cc3ccccc3c2-c2c(c(-c3ccc(-c4ccc(F)cc4)cc3)cc3ccccc23)O1. The van der Waals surface area contributed by atoms with Crippen LogP contribution in [0.5, 0.6) is 11.5 Å². The fourth-order valence-electron chi connectivity index (χ4n) is 7.66. The molecule has 10 rings (SSSR count). The molecule has 1 aromatic heterocycles. The van der Waals surface area contributed by atoms with Gasteiger partial charge in [0.15, 0.2) is 11.5 Å². The first-order chi connectivity index (χ1) is 27.9. The summed E-state index contributed by atoms with van der Waals surface area (Å²) in [6, 6.07) is 54.5. The van der Waals surface area contributed by atoms with Crippen LogP contribution in [0.4, 0.5) is 14.6 Å². The summed E-state index contributed by atoms with van der Waals surface area (Å²) in [4.78, 5) is 18.6. The highest BCUT2D eigenvalue weighted by Crippen LogP contribution is 2.64. The van der Waals surface area contributed by atoms with E-state index in [1.54, 1.807) is 36.5 Å². The molecule has 0 amide bonds. The Balaban J connectivity index is 1.24. The van der Waals surface area contributed by atoms with E-state index in [0.717, 1.165) is 77.2 Å². The van der Waals surface area contributed by atoms with Crippen molar-refractivity contribution in [2.75, 3.05) is 5.09 Å². The second kappa shape index (κ2) is 14.0. The van der Waals surface area contributed by atoms with Crippen molar-refractivity contribution in [2.24, 2.45) is 0 Å². The van der Waals surface area contributed by atoms with E-state index in [2.05, 4.69) is 46.5 Å². The third-order valence-corrected chi connectivity index (χ3v) is 11.8. The van der Waals surface area contributed by atoms with Gasteiger partial charge in [0, 0.05) is 28.3 Å². The molecule has 5 nitrogen and oxygen atoms in total. The molecule has 0 fully saturated rings. The largest absolute Gasteiger partial charge is 0.581 e. The summed E-state index contributed by atoms with van der Waals surface area (Å²) in [5.74, 6) is 0.670. The molecule has 1 aliphatic heterocycles. The molecule has 0 saturated heterocycles. The highest BCUT2D eigenvalue weighted by Gasteiger charge is 2.47. The minimum Gasteiger partial charge on any atom is -0.581 e. The fourth-order valence-corrected chi connectivity index (χ4v) is 9.08. The maximum absolute atomic E-state index is 15.5. The summed E-state index contributed by atoms with van der Waals surface area (Å²) in [5, 5.41) is 6.82. The predicted octanol–water partition coefficient (Wildman–Crippen LogP) is 12.3. The number of anilines is 1. The average Bonchev–Trinajstić information content (AvgIpc) is 3.38. The van der Waals surface area contributed by atoms with Crippen LogP contribution in [0.3, 0.4) is 0 Å². The fraction of sp³-hybridized carbons (Fsp3) is 0. The summed E-state index contributed by atoms with van der Waals surface area (Å²) >= 11 is 0. The van der Waals surface area contributed by atoms with Gasteiger partial charge in [0.05, 0.1) is 6.20 Å². The third kappa shape index (κ3) is 6.43. The molecule has 2 N–H and O–H groups in total. The average molecular weight is 766 g/mol. The van der Waals surface area contributed by atoms with Gasteiger partial charge in [-0.1, -0.05) is 132 Å². The minimum atomic E-state index is -4.27. The van der Waals surface area contributed by atoms with E-state index in [1.165, 1.54) is 24.3 Å². The number of H-pyrrole nitrogens is 1. The van der Waals surface area contributed by atoms with Crippen LogP contribution in [0, 0.1) is 11.6 Å². The number of aromatic amines is 1. The zero-order chi connectivity index (χ0) is 38.5. The van der Waals surface area contributed by atoms with Gasteiger partial charge in [-0.3, -0.25) is 9.05 Å². The predicted molar refractivity (Wildman–Crippen MR) is 223 cm³/mol. The maximum Gasteiger partial charge on any atom is 0.504 e. The van der Waals surface area contributed by atoms with E-state index in [4.69, 9.17) is 9.05 Å². The lowest BCUT2D eigenvalue weighted by Gasteiger charge is -2.23. The molecular formula is C49H32F2N2O3P+. The molecular weight excluding hydrogens is 734 g/mol. The summed E-state index contributed by atoms with van der Waals surface area (Å²) in [6.07, 6.45) is 1.73. The monoisotopic (exact) mass is 765 g/mol. The highest BCUT2D eigenvalue weighted by molar-refractivity contribution is 7.61. The number of benzene rings is 8. The normalized spacial score (nSPS) is 12.9. The number of aromatic nitrogens is 1. The molecule has 0 bridgehead atoms. The van der Waals surface area contributed by atoms with E-state index >= 15 is 4.89 Å². The molecule has 0 saturated carbocycles. The zero-order valence-electron chi connectivity index (χ0n) is 30.2. The molecule has 1 aliphatic rings. The van der Waals surface area contributed by atoms with Crippen LogP contribution in [0.25, 0.3) is 77.2 Å². The van der Waals surface area contributed by atoms with E-state index in [9.17, 15) is 8.78 Å². The van der Waals surface area contributed by atoms with Crippen LogP contribution < -0.4 is 24.0 Å². The smallest absolute Gasteiger partial charge is 0.504 e. The van der Waals surface area contributed by atoms with Crippen LogP contribution in [0.2, 0.25) is 0 Å². The number of hydrogen-bond donors (Lipinski definition) is 1. The molecule has 274 valence electrons. The van der Waals surface area contributed by atoms with Crippen molar-refractivity contribution < 1.29 is 27.7 Å². The van der Waals surface area contributed by atoms with Crippen molar-refractivity contribution in [3.05, 3.63) is 194 Å². The van der Waals surface area contributed by atoms with Gasteiger partial charge < -0.3 is 4.89 Å². The van der Waals surface area contributed by atoms with E-state index < -0.39 is 8.09 Å². The Kier molecular flexibility index (Phi) is 8.48. The molecule has 0 unspecified atom stereocenters. The lowest BCUT2D eigenvalue weighted by Crippen LogP contribution is -2.29. The summed E-state index contributed by atoms with van der Waals surface area (Å²) in [7, 11) is -4.27. The summed E-state index contributed by atoms with van der Waals surface area (Å²) in [6.45, 7) is 0. The van der Waals surface area contributed by atoms with Crippen molar-refractivity contribution in [3.8, 4) is 67.1 Å². The van der Waals surface area contributed by atoms with Crippen LogP contribution in [-0.2, 0) is 0 Å². The van der Waals surface area contributed by atoms with E-state index in [1.807, 2.05) is 84.9 Å². The van der Waals surface area contributed by atoms with Crippen LogP contribution >= 0.6 is 8.09 Å². The van der Waals surface area contributed by atoms with Gasteiger partial charge in [-0.2, -0.15) is 0 Å². The minimum absolute atomic E-state index is 0.294. The Hall–Kier alpha value is -6.92. The van der Waals surface area contributed by atoms with Gasteiger partial charge in [-0.15, -0.1) is 0 Å². The van der Waals surface area contributed by atoms with Crippen LogP contribution in [0.15, 0.2) is 182 Å². The second-order valence-electron chi connectivity index (χ2n) is 13.9. The quantitative estimate of drug-likeness (QED) is 0.171. The first kappa shape index (κ1) is 34.6. The number of pyridine rings is 1. The van der Waals surface area contributed by atoms with Gasteiger partial charge in [0.25, 0.3) is 0 Å². The first-order valence-corrected chi connectivity index (χ1v) is 20.0. The van der Waals surface area contributed by atoms with E-state index in [-0.39, 0.29) is 11.6 Å². The molecule has 8 aromatic carbocycles. The Bertz CT molecular complexity index is 2760. The molecule has 8 heteroatoms. The second-order valence-corrected chi connectivity index (χ2v) is 15.5. The third-order valence-electron chi connectivity index (χ3n) is 10.4. The lowest BCUT2D eigenvalue weighted by atomic mass is 9.86. The summed E-state index contributed by atoms with van der Waals surface area (Å²) < 4.78 is 41.1. The lowest BCUT2D eigenvalue weighted by molar-refractivity contribution is -0.360. The first-order valence-electron chi connectivity index (χ1n) is 18.5. The number of halogens is 2. The van der Waals surface area contributed by atoms with Gasteiger partial charge in [-0.25, -0.2) is 13.8 Å². The Labute approximate surface area is 328 Å². The highest BCUT2D eigenvalue weighted by atomic mass is 31.2. The topological polar surface area (TPSA) is 67.7 Å². The van der Waals surface area contributed by atoms with Crippen molar-refractivity contribution in [3.63, 3.8) is 0 Å². The maximum atomic E-state index is 15.5. The van der Waals surface area contributed by atoms with Gasteiger partial charge in [-0.05, 0) is 97.4 Å². The van der Waals surface area contributed by atoms with Crippen LogP contribution in [0.1, 0.15) is 0 Å². The standard InChI is InChI=1S/C49H31F2N2O3P/c50-39-24-20-33(21-25-39)31-12-16-35(17-13-31)43-29-37-7-1-3-9-41(37)46-47-42-10-4-2-8-38(42)30-44(36-18-14-32(15-19-36)34-22-26-40(51)27-23-34)49(47)56-57(54,55-48(43)46)53-45-11-5-6-28-52-45/h1-30H,(H,52,53,54)/p+1. The molecule has 57 heavy (non-hydrogen) atoms. The molecule has 0 atom stereocenters. The van der Waals surface area contributed by atoms with Crippen molar-refractivity contribution in [1.82, 2.24) is 0 Å². The Morgan fingerprint density at radius 2 is 0.842 bits per heavy atom. The number of fused-ring (bicyclic) bond motifs is 7. The van der Waals surface area contributed by atoms with Crippen molar-refractivity contribution in [1.29, 1.82) is 0 Å². The molecule has 0 aliphatic carbocycles. The van der Waals surface area contributed by atoms with Gasteiger partial charge in [0.2, 0.25) is 0 Å². The van der Waals surface area contributed by atoms with E-state index in [0.29, 0.717) is 17.3 Å². The van der Waals surface area contributed by atoms with Gasteiger partial charge in [0.1, 0.15) is 11.6 Å². The summed E-state index contributed by atoms with van der Waals surface area (Å²) in [5.41, 5.74) is 8.23. The van der Waals surface area contributed by atoms with Crippen LogP contribution in [-0.4, -0.2) is 0 Å². The number of rotatable bonds is 6. The molecule has 9 aromatic rings. The number of hydrogen-bond acceptors (Lipinski definition) is 4. The molecule has 0 radical (unpaired) electrons. The molecule has 0 spiro atoms. The Morgan fingerprint density at radius 1 is 0.456 bits per heavy atom. The van der Waals surface area contributed by atoms with Crippen molar-refractivity contribution >= 4 is 35.5 Å². The van der Waals surface area contributed by atoms with Gasteiger partial charge >= 0.3 is 13.9 Å². The zero-order valence-corrected chi connectivity index (χ0v) is 31.1. The van der Waals surface area contributed by atoms with Crippen molar-refractivity contribution in [2.45, 2.75) is 0 Å². The Morgan fingerprint density at radius 3 is 1.26 bits per heavy atom.